The van der Waals surface area contributed by atoms with Gasteiger partial charge in [0.1, 0.15) is 0 Å². The Balaban J connectivity index is 1.67. The van der Waals surface area contributed by atoms with Crippen molar-refractivity contribution in [1.29, 1.82) is 0 Å². The van der Waals surface area contributed by atoms with Gasteiger partial charge in [0.15, 0.2) is 11.5 Å². The number of amides is 1. The van der Waals surface area contributed by atoms with Crippen LogP contribution in [-0.4, -0.2) is 35.1 Å². The number of hydrogen-bond acceptors (Lipinski definition) is 5. The molecular formula is C23H23ClN2O5S. The Morgan fingerprint density at radius 3 is 2.34 bits per heavy atom. The highest BCUT2D eigenvalue weighted by Crippen LogP contribution is 2.27. The highest BCUT2D eigenvalue weighted by atomic mass is 35.5. The maximum absolute atomic E-state index is 12.6. The van der Waals surface area contributed by atoms with Gasteiger partial charge in [0.25, 0.3) is 15.9 Å². The van der Waals surface area contributed by atoms with Crippen LogP contribution < -0.4 is 19.5 Å². The molecule has 0 aliphatic heterocycles. The molecule has 0 radical (unpaired) electrons. The average molecular weight is 475 g/mol. The Morgan fingerprint density at radius 1 is 0.938 bits per heavy atom. The molecule has 1 amide bonds. The van der Waals surface area contributed by atoms with E-state index in [1.54, 1.807) is 38.5 Å². The highest BCUT2D eigenvalue weighted by Gasteiger charge is 2.16. The Hall–Kier alpha value is -3.23. The minimum Gasteiger partial charge on any atom is -0.493 e. The smallest absolute Gasteiger partial charge is 0.261 e. The summed E-state index contributed by atoms with van der Waals surface area (Å²) in [7, 11) is -0.656. The molecule has 0 saturated carbocycles. The minimum atomic E-state index is -3.78. The Morgan fingerprint density at radius 2 is 1.66 bits per heavy atom. The molecule has 0 unspecified atom stereocenters. The molecule has 9 heteroatoms. The standard InChI is InChI=1S/C23H23ClN2O5S/c1-30-21-11-8-16(14-22(21)31-2)12-13-25-23(27)19-15-17(9-10-20(19)24)26-32(28,29)18-6-4-3-5-7-18/h3-11,14-15,26H,12-13H2,1-2H3,(H,25,27). The zero-order chi connectivity index (χ0) is 23.1. The number of hydrogen-bond donors (Lipinski definition) is 2. The predicted octanol–water partition coefficient (Wildman–Crippen LogP) is 4.13. The number of rotatable bonds is 9. The van der Waals surface area contributed by atoms with Gasteiger partial charge >= 0.3 is 0 Å². The number of carbonyl (C=O) groups excluding carboxylic acids is 1. The summed E-state index contributed by atoms with van der Waals surface area (Å²) in [5, 5.41) is 3.02. The minimum absolute atomic E-state index is 0.121. The molecule has 3 aromatic rings. The van der Waals surface area contributed by atoms with Gasteiger partial charge in [0.05, 0.1) is 29.7 Å². The average Bonchev–Trinajstić information content (AvgIpc) is 2.80. The zero-order valence-electron chi connectivity index (χ0n) is 17.6. The summed E-state index contributed by atoms with van der Waals surface area (Å²) in [6.45, 7) is 0.352. The highest BCUT2D eigenvalue weighted by molar-refractivity contribution is 7.92. The molecule has 0 saturated heterocycles. The molecule has 0 atom stereocenters. The zero-order valence-corrected chi connectivity index (χ0v) is 19.2. The first-order valence-corrected chi connectivity index (χ1v) is 11.6. The summed E-state index contributed by atoms with van der Waals surface area (Å²) >= 11 is 6.18. The molecule has 168 valence electrons. The van der Waals surface area contributed by atoms with Gasteiger partial charge in [-0.05, 0) is 54.4 Å². The van der Waals surface area contributed by atoms with E-state index in [1.807, 2.05) is 12.1 Å². The molecular weight excluding hydrogens is 452 g/mol. The molecule has 0 fully saturated rings. The number of sulfonamides is 1. The van der Waals surface area contributed by atoms with Gasteiger partial charge in [0.2, 0.25) is 0 Å². The lowest BCUT2D eigenvalue weighted by atomic mass is 10.1. The van der Waals surface area contributed by atoms with E-state index in [1.165, 1.54) is 30.3 Å². The Kier molecular flexibility index (Phi) is 7.61. The lowest BCUT2D eigenvalue weighted by Crippen LogP contribution is -2.26. The predicted molar refractivity (Wildman–Crippen MR) is 124 cm³/mol. The third-order valence-electron chi connectivity index (χ3n) is 4.66. The molecule has 2 N–H and O–H groups in total. The second kappa shape index (κ2) is 10.4. The topological polar surface area (TPSA) is 93.7 Å². The van der Waals surface area contributed by atoms with Crippen molar-refractivity contribution in [2.24, 2.45) is 0 Å². The first-order chi connectivity index (χ1) is 15.3. The molecule has 0 aliphatic rings. The Labute approximate surface area is 192 Å². The monoisotopic (exact) mass is 474 g/mol. The van der Waals surface area contributed by atoms with E-state index in [0.29, 0.717) is 24.5 Å². The van der Waals surface area contributed by atoms with E-state index in [4.69, 9.17) is 21.1 Å². The van der Waals surface area contributed by atoms with Gasteiger partial charge in [0, 0.05) is 12.2 Å². The molecule has 7 nitrogen and oxygen atoms in total. The molecule has 0 heterocycles. The third kappa shape index (κ3) is 5.72. The summed E-state index contributed by atoms with van der Waals surface area (Å²) in [6.07, 6.45) is 0.560. The van der Waals surface area contributed by atoms with Crippen molar-refractivity contribution >= 4 is 33.2 Å². The normalized spacial score (nSPS) is 11.0. The lowest BCUT2D eigenvalue weighted by Gasteiger charge is -2.12. The van der Waals surface area contributed by atoms with E-state index < -0.39 is 15.9 Å². The van der Waals surface area contributed by atoms with E-state index in [9.17, 15) is 13.2 Å². The van der Waals surface area contributed by atoms with Crippen LogP contribution in [0.4, 0.5) is 5.69 Å². The molecule has 0 aromatic heterocycles. The van der Waals surface area contributed by atoms with Crippen LogP contribution in [0.1, 0.15) is 15.9 Å². The van der Waals surface area contributed by atoms with Gasteiger partial charge in [-0.25, -0.2) is 8.42 Å². The van der Waals surface area contributed by atoms with Gasteiger partial charge in [-0.15, -0.1) is 0 Å². The molecule has 3 rings (SSSR count). The Bertz CT molecular complexity index is 1200. The van der Waals surface area contributed by atoms with Gasteiger partial charge < -0.3 is 14.8 Å². The number of benzene rings is 3. The van der Waals surface area contributed by atoms with Crippen molar-refractivity contribution in [3.8, 4) is 11.5 Å². The third-order valence-corrected chi connectivity index (χ3v) is 6.39. The number of methoxy groups -OCH3 is 2. The second-order valence-corrected chi connectivity index (χ2v) is 8.90. The summed E-state index contributed by atoms with van der Waals surface area (Å²) < 4.78 is 38.0. The van der Waals surface area contributed by atoms with Crippen LogP contribution in [0.5, 0.6) is 11.5 Å². The molecule has 3 aromatic carbocycles. The SMILES string of the molecule is COc1ccc(CCNC(=O)c2cc(NS(=O)(=O)c3ccccc3)ccc2Cl)cc1OC. The van der Waals surface area contributed by atoms with Crippen LogP contribution in [-0.2, 0) is 16.4 Å². The summed E-state index contributed by atoms with van der Waals surface area (Å²) in [5.74, 6) is 0.829. The van der Waals surface area contributed by atoms with E-state index >= 15 is 0 Å². The summed E-state index contributed by atoms with van der Waals surface area (Å²) in [4.78, 5) is 12.8. The van der Waals surface area contributed by atoms with Gasteiger partial charge in [-0.1, -0.05) is 35.9 Å². The number of anilines is 1. The van der Waals surface area contributed by atoms with Crippen molar-refractivity contribution in [3.05, 3.63) is 82.9 Å². The largest absolute Gasteiger partial charge is 0.493 e. The quantitative estimate of drug-likeness (QED) is 0.486. The van der Waals surface area contributed by atoms with E-state index in [-0.39, 0.29) is 21.2 Å². The van der Waals surface area contributed by atoms with Gasteiger partial charge in [-0.3, -0.25) is 9.52 Å². The molecule has 0 spiro atoms. The van der Waals surface area contributed by atoms with E-state index in [2.05, 4.69) is 10.0 Å². The summed E-state index contributed by atoms with van der Waals surface area (Å²) in [5.41, 5.74) is 1.37. The van der Waals surface area contributed by atoms with Crippen molar-refractivity contribution < 1.29 is 22.7 Å². The van der Waals surface area contributed by atoms with E-state index in [0.717, 1.165) is 5.56 Å². The number of carbonyl (C=O) groups is 1. The number of nitrogens with one attached hydrogen (secondary N) is 2. The van der Waals surface area contributed by atoms with Crippen molar-refractivity contribution in [2.45, 2.75) is 11.3 Å². The summed E-state index contributed by atoms with van der Waals surface area (Å²) in [6, 6.07) is 17.9. The van der Waals surface area contributed by atoms with Crippen molar-refractivity contribution in [3.63, 3.8) is 0 Å². The molecule has 0 aliphatic carbocycles. The van der Waals surface area contributed by atoms with Crippen molar-refractivity contribution in [1.82, 2.24) is 5.32 Å². The number of halogens is 1. The van der Waals surface area contributed by atoms with Crippen LogP contribution in [0.15, 0.2) is 71.6 Å². The molecule has 0 bridgehead atoms. The van der Waals surface area contributed by atoms with Crippen LogP contribution in [0.25, 0.3) is 0 Å². The van der Waals surface area contributed by atoms with Crippen LogP contribution in [0.3, 0.4) is 0 Å². The maximum atomic E-state index is 12.6. The van der Waals surface area contributed by atoms with Gasteiger partial charge in [-0.2, -0.15) is 0 Å². The fraction of sp³-hybridized carbons (Fsp3) is 0.174. The first kappa shape index (κ1) is 23.4. The fourth-order valence-corrected chi connectivity index (χ4v) is 4.30. The van der Waals surface area contributed by atoms with Crippen LogP contribution in [0, 0.1) is 0 Å². The first-order valence-electron chi connectivity index (χ1n) is 9.70. The number of ether oxygens (including phenoxy) is 2. The molecule has 32 heavy (non-hydrogen) atoms. The lowest BCUT2D eigenvalue weighted by molar-refractivity contribution is 0.0954. The van der Waals surface area contributed by atoms with Crippen LogP contribution >= 0.6 is 11.6 Å². The van der Waals surface area contributed by atoms with Crippen LogP contribution in [0.2, 0.25) is 5.02 Å². The van der Waals surface area contributed by atoms with Crippen molar-refractivity contribution in [2.75, 3.05) is 25.5 Å². The maximum Gasteiger partial charge on any atom is 0.261 e. The second-order valence-electron chi connectivity index (χ2n) is 6.81. The fourth-order valence-electron chi connectivity index (χ4n) is 3.03.